The summed E-state index contributed by atoms with van der Waals surface area (Å²) >= 11 is 5.79. The van der Waals surface area contributed by atoms with E-state index in [0.29, 0.717) is 18.0 Å². The molecule has 0 aliphatic rings. The number of carboxylic acids is 1. The second-order valence-electron chi connectivity index (χ2n) is 4.28. The van der Waals surface area contributed by atoms with E-state index in [1.165, 1.54) is 0 Å². The molecule has 0 aliphatic carbocycles. The number of hydrogen-bond acceptors (Lipinski definition) is 3. The number of carbonyl (C=O) groups excluding carboxylic acids is 1. The Hall–Kier alpha value is -1.59. The quantitative estimate of drug-likeness (QED) is 0.683. The van der Waals surface area contributed by atoms with E-state index in [1.54, 1.807) is 0 Å². The molecule has 20 heavy (non-hydrogen) atoms. The summed E-state index contributed by atoms with van der Waals surface area (Å²) in [6.07, 6.45) is 2.01. The number of benzene rings is 1. The minimum atomic E-state index is -1.01. The van der Waals surface area contributed by atoms with Gasteiger partial charge in [-0.3, -0.25) is 4.79 Å². The highest BCUT2D eigenvalue weighted by Gasteiger charge is 2.02. The van der Waals surface area contributed by atoms with Crippen LogP contribution in [0.1, 0.15) is 18.4 Å². The highest BCUT2D eigenvalue weighted by molar-refractivity contribution is 6.30. The summed E-state index contributed by atoms with van der Waals surface area (Å²) in [7, 11) is 0. The molecule has 2 N–H and O–H groups in total. The first-order valence-corrected chi connectivity index (χ1v) is 6.76. The standard InChI is InChI=1S/C14H18ClNO4/c15-12-6-4-11(5-7-12)2-1-3-13(17)16-8-9-20-10-14(18)19/h4-7H,1-3,8-10H2,(H,16,17)(H,18,19). The van der Waals surface area contributed by atoms with Crippen molar-refractivity contribution in [1.29, 1.82) is 0 Å². The smallest absolute Gasteiger partial charge is 0.329 e. The number of aryl methyl sites for hydroxylation is 1. The van der Waals surface area contributed by atoms with Crippen LogP contribution >= 0.6 is 11.6 Å². The minimum Gasteiger partial charge on any atom is -0.480 e. The van der Waals surface area contributed by atoms with Crippen LogP contribution in [0.5, 0.6) is 0 Å². The van der Waals surface area contributed by atoms with Gasteiger partial charge in [-0.15, -0.1) is 0 Å². The van der Waals surface area contributed by atoms with Gasteiger partial charge in [0.1, 0.15) is 6.61 Å². The summed E-state index contributed by atoms with van der Waals surface area (Å²) in [6, 6.07) is 7.55. The first kappa shape index (κ1) is 16.5. The molecule has 1 amide bonds. The van der Waals surface area contributed by atoms with Gasteiger partial charge in [0.05, 0.1) is 6.61 Å². The summed E-state index contributed by atoms with van der Waals surface area (Å²) in [5.74, 6) is -1.07. The molecule has 110 valence electrons. The number of carboxylic acid groups (broad SMARTS) is 1. The molecule has 0 fully saturated rings. The summed E-state index contributed by atoms with van der Waals surface area (Å²) in [6.45, 7) is 0.189. The molecule has 0 heterocycles. The zero-order valence-corrected chi connectivity index (χ0v) is 11.9. The molecule has 1 aromatic carbocycles. The van der Waals surface area contributed by atoms with E-state index in [9.17, 15) is 9.59 Å². The molecular weight excluding hydrogens is 282 g/mol. The largest absolute Gasteiger partial charge is 0.480 e. The highest BCUT2D eigenvalue weighted by Crippen LogP contribution is 2.11. The van der Waals surface area contributed by atoms with Crippen molar-refractivity contribution in [2.75, 3.05) is 19.8 Å². The number of rotatable bonds is 9. The Kier molecular flexibility index (Phi) is 7.69. The molecule has 1 aromatic rings. The monoisotopic (exact) mass is 299 g/mol. The predicted molar refractivity (Wildman–Crippen MR) is 75.9 cm³/mol. The maximum atomic E-state index is 11.5. The molecular formula is C14H18ClNO4. The van der Waals surface area contributed by atoms with Gasteiger partial charge in [-0.05, 0) is 30.5 Å². The van der Waals surface area contributed by atoms with Crippen LogP contribution < -0.4 is 5.32 Å². The molecule has 0 bridgehead atoms. The lowest BCUT2D eigenvalue weighted by molar-refractivity contribution is -0.142. The lowest BCUT2D eigenvalue weighted by atomic mass is 10.1. The van der Waals surface area contributed by atoms with Gasteiger partial charge in [0, 0.05) is 18.0 Å². The van der Waals surface area contributed by atoms with Crippen LogP contribution in [-0.2, 0) is 20.7 Å². The molecule has 0 radical (unpaired) electrons. The highest BCUT2D eigenvalue weighted by atomic mass is 35.5. The fourth-order valence-electron chi connectivity index (χ4n) is 1.61. The van der Waals surface area contributed by atoms with Crippen molar-refractivity contribution < 1.29 is 19.4 Å². The van der Waals surface area contributed by atoms with E-state index in [-0.39, 0.29) is 19.1 Å². The third kappa shape index (κ3) is 7.76. The molecule has 0 unspecified atom stereocenters. The van der Waals surface area contributed by atoms with E-state index in [1.807, 2.05) is 24.3 Å². The van der Waals surface area contributed by atoms with Gasteiger partial charge in [-0.25, -0.2) is 4.79 Å². The van der Waals surface area contributed by atoms with Crippen molar-refractivity contribution in [2.24, 2.45) is 0 Å². The third-order valence-electron chi connectivity index (χ3n) is 2.58. The first-order valence-electron chi connectivity index (χ1n) is 6.38. The van der Waals surface area contributed by atoms with Crippen LogP contribution in [-0.4, -0.2) is 36.7 Å². The Labute approximate surface area is 122 Å². The fraction of sp³-hybridized carbons (Fsp3) is 0.429. The molecule has 0 saturated carbocycles. The molecule has 1 rings (SSSR count). The Morgan fingerprint density at radius 1 is 1.25 bits per heavy atom. The number of amides is 1. The second-order valence-corrected chi connectivity index (χ2v) is 4.71. The van der Waals surface area contributed by atoms with Crippen LogP contribution in [0.15, 0.2) is 24.3 Å². The zero-order valence-electron chi connectivity index (χ0n) is 11.1. The lowest BCUT2D eigenvalue weighted by Gasteiger charge is -2.05. The minimum absolute atomic E-state index is 0.0575. The molecule has 5 nitrogen and oxygen atoms in total. The molecule has 0 aliphatic heterocycles. The van der Waals surface area contributed by atoms with E-state index in [0.717, 1.165) is 18.4 Å². The van der Waals surface area contributed by atoms with Gasteiger partial charge in [0.25, 0.3) is 0 Å². The summed E-state index contributed by atoms with van der Waals surface area (Å²) in [4.78, 5) is 21.7. The molecule has 0 atom stereocenters. The van der Waals surface area contributed by atoms with E-state index >= 15 is 0 Å². The van der Waals surface area contributed by atoms with Gasteiger partial charge in [0.15, 0.2) is 0 Å². The Balaban J connectivity index is 2.05. The molecule has 0 spiro atoms. The lowest BCUT2D eigenvalue weighted by Crippen LogP contribution is -2.27. The van der Waals surface area contributed by atoms with Crippen molar-refractivity contribution in [1.82, 2.24) is 5.32 Å². The van der Waals surface area contributed by atoms with Crippen molar-refractivity contribution >= 4 is 23.5 Å². The number of aliphatic carboxylic acids is 1. The first-order chi connectivity index (χ1) is 9.58. The number of ether oxygens (including phenoxy) is 1. The van der Waals surface area contributed by atoms with Gasteiger partial charge in [-0.2, -0.15) is 0 Å². The Bertz CT molecular complexity index is 433. The van der Waals surface area contributed by atoms with Crippen LogP contribution in [0.4, 0.5) is 0 Å². The Morgan fingerprint density at radius 2 is 1.95 bits per heavy atom. The van der Waals surface area contributed by atoms with Crippen LogP contribution in [0, 0.1) is 0 Å². The van der Waals surface area contributed by atoms with E-state index < -0.39 is 5.97 Å². The maximum Gasteiger partial charge on any atom is 0.329 e. The van der Waals surface area contributed by atoms with Crippen molar-refractivity contribution in [3.05, 3.63) is 34.9 Å². The predicted octanol–water partition coefficient (Wildman–Crippen LogP) is 1.88. The SMILES string of the molecule is O=C(O)COCCNC(=O)CCCc1ccc(Cl)cc1. The zero-order chi connectivity index (χ0) is 14.8. The second kappa shape index (κ2) is 9.34. The fourth-order valence-corrected chi connectivity index (χ4v) is 1.74. The van der Waals surface area contributed by atoms with Crippen LogP contribution in [0.2, 0.25) is 5.02 Å². The molecule has 0 aromatic heterocycles. The van der Waals surface area contributed by atoms with Crippen LogP contribution in [0.3, 0.4) is 0 Å². The van der Waals surface area contributed by atoms with Crippen molar-refractivity contribution in [3.8, 4) is 0 Å². The Morgan fingerprint density at radius 3 is 2.60 bits per heavy atom. The van der Waals surface area contributed by atoms with Crippen molar-refractivity contribution in [3.63, 3.8) is 0 Å². The number of halogens is 1. The number of carbonyl (C=O) groups is 2. The summed E-state index contributed by atoms with van der Waals surface area (Å²) < 4.78 is 4.80. The van der Waals surface area contributed by atoms with E-state index in [2.05, 4.69) is 5.32 Å². The average Bonchev–Trinajstić information content (AvgIpc) is 2.40. The molecule has 0 saturated heterocycles. The van der Waals surface area contributed by atoms with Gasteiger partial charge >= 0.3 is 5.97 Å². The third-order valence-corrected chi connectivity index (χ3v) is 2.83. The average molecular weight is 300 g/mol. The molecule has 6 heteroatoms. The topological polar surface area (TPSA) is 75.6 Å². The number of nitrogens with one attached hydrogen (secondary N) is 1. The number of hydrogen-bond donors (Lipinski definition) is 2. The van der Waals surface area contributed by atoms with Gasteiger partial charge < -0.3 is 15.2 Å². The van der Waals surface area contributed by atoms with Gasteiger partial charge in [0.2, 0.25) is 5.91 Å². The van der Waals surface area contributed by atoms with Crippen LogP contribution in [0.25, 0.3) is 0 Å². The van der Waals surface area contributed by atoms with E-state index in [4.69, 9.17) is 21.4 Å². The summed E-state index contributed by atoms with van der Waals surface area (Å²) in [5.41, 5.74) is 1.15. The normalized spacial score (nSPS) is 10.2. The van der Waals surface area contributed by atoms with Crippen molar-refractivity contribution in [2.45, 2.75) is 19.3 Å². The van der Waals surface area contributed by atoms with Gasteiger partial charge in [-0.1, -0.05) is 23.7 Å². The maximum absolute atomic E-state index is 11.5. The summed E-state index contributed by atoms with van der Waals surface area (Å²) in [5, 5.41) is 11.7.